The first-order chi connectivity index (χ1) is 38.9. The molecule has 2 amide bonds. The second-order valence-corrected chi connectivity index (χ2v) is 23.2. The van der Waals surface area contributed by atoms with Crippen LogP contribution in [0.2, 0.25) is 0 Å². The molecule has 4 aromatic carbocycles. The normalized spacial score (nSPS) is 19.0. The van der Waals surface area contributed by atoms with Crippen LogP contribution < -0.4 is 21.3 Å². The highest BCUT2D eigenvalue weighted by molar-refractivity contribution is 5.86. The molecule has 8 rings (SSSR count). The van der Waals surface area contributed by atoms with E-state index in [4.69, 9.17) is 20.2 Å². The highest BCUT2D eigenvalue weighted by Gasteiger charge is 2.40. The van der Waals surface area contributed by atoms with E-state index in [1.807, 2.05) is 44.7 Å². The summed E-state index contributed by atoms with van der Waals surface area (Å²) < 4.78 is 40.8. The Hall–Kier alpha value is -6.90. The molecule has 3 fully saturated rings. The van der Waals surface area contributed by atoms with Gasteiger partial charge in [-0.2, -0.15) is 0 Å². The summed E-state index contributed by atoms with van der Waals surface area (Å²) in [6, 6.07) is 24.5. The van der Waals surface area contributed by atoms with Crippen molar-refractivity contribution >= 4 is 40.4 Å². The maximum atomic E-state index is 15.4. The zero-order chi connectivity index (χ0) is 58.5. The van der Waals surface area contributed by atoms with Crippen LogP contribution in [0.15, 0.2) is 108 Å². The van der Waals surface area contributed by atoms with Crippen molar-refractivity contribution in [2.75, 3.05) is 37.5 Å². The number of nitrogens with zero attached hydrogens (tertiary/aromatic N) is 5. The Morgan fingerprint density at radius 3 is 2.06 bits per heavy atom. The number of H-pyrrole nitrogens is 1. The maximum absolute atomic E-state index is 15.4. The number of imidazole rings is 1. The fourth-order valence-electron chi connectivity index (χ4n) is 12.4. The lowest BCUT2D eigenvalue weighted by Gasteiger charge is -2.36. The number of hydrogen-bond acceptors (Lipinski definition) is 9. The lowest BCUT2D eigenvalue weighted by atomic mass is 9.92. The molecular weight excluding hydrogens is 1020 g/mol. The molecule has 5 aromatic rings. The Morgan fingerprint density at radius 1 is 0.802 bits per heavy atom. The topological polar surface area (TPSA) is 153 Å². The zero-order valence-electron chi connectivity index (χ0n) is 49.9. The van der Waals surface area contributed by atoms with E-state index in [-0.39, 0.29) is 59.5 Å². The number of anilines is 2. The Morgan fingerprint density at radius 2 is 1.44 bits per heavy atom. The smallest absolute Gasteiger partial charge is 0.407 e. The van der Waals surface area contributed by atoms with Crippen molar-refractivity contribution in [1.29, 1.82) is 0 Å². The third-order valence-corrected chi connectivity index (χ3v) is 16.8. The molecular formula is C66H91F2N9O4. The number of ether oxygens (including phenoxy) is 2. The third kappa shape index (κ3) is 15.2. The van der Waals surface area contributed by atoms with Crippen LogP contribution >= 0.6 is 0 Å². The number of aryl methyl sites for hydroxylation is 2. The minimum atomic E-state index is -0.684. The lowest BCUT2D eigenvalue weighted by Crippen LogP contribution is -2.46. The van der Waals surface area contributed by atoms with Gasteiger partial charge < -0.3 is 45.5 Å². The standard InChI is InChI=1S/C50H65F2N9O4.C16H26/c1-27(2)45(58-50(63)65-10)32(8)59-21-11-13-41(59)31(7)54-38-17-15-33(23-29(38)5)42-19-20-43(61(42)35-25-36(51)30(6)37(52)26-35)34-16-18-39-40(24-34)56-47(55-39)44-14-12-22-60(44)48(62)46(28(3)4)57-49(53)64-9;1-3-9-15(10-4-2)13-8-14-16-11-6-5-7-12-16/h15-18,23-28,41-46,54H,7-8,11-14,19-22H2,1-6,9-10H3,(H2,53,57)(H,55,56)(H,58,63);5-7,11-12,15H,3-4,8-10,13-14H2,1-2H3/t41-,42?,43+,44?,45-,46?;/m0./s1. The van der Waals surface area contributed by atoms with E-state index in [0.29, 0.717) is 18.1 Å². The summed E-state index contributed by atoms with van der Waals surface area (Å²) in [6.45, 7) is 26.3. The molecule has 3 saturated heterocycles. The summed E-state index contributed by atoms with van der Waals surface area (Å²) >= 11 is 0. The van der Waals surface area contributed by atoms with Crippen LogP contribution in [0, 0.1) is 43.2 Å². The van der Waals surface area contributed by atoms with Crippen LogP contribution in [0.25, 0.3) is 11.0 Å². The minimum Gasteiger partial charge on any atom is -0.469 e. The van der Waals surface area contributed by atoms with Gasteiger partial charge >= 0.3 is 6.09 Å². The van der Waals surface area contributed by atoms with Gasteiger partial charge in [0.25, 0.3) is 6.02 Å². The SMILES string of the molecule is C=C(Nc1ccc(C2CC[C@H](c3ccc4nc(C5CCCN5C(=O)C(N=C(N)OC)C(C)C)[nH]c4c3)N2c2cc(F)c(C)c(F)c2)cc1C)[C@@H]1CCCN1C(=C)[C@@H](NC(=O)OC)C(C)C.CCCC(CCC)CCCc1ccccc1. The number of hydrogen-bond donors (Lipinski definition) is 4. The maximum Gasteiger partial charge on any atom is 0.407 e. The van der Waals surface area contributed by atoms with Gasteiger partial charge in [-0.1, -0.05) is 135 Å². The first-order valence-corrected chi connectivity index (χ1v) is 29.7. The molecule has 438 valence electrons. The number of methoxy groups -OCH3 is 2. The van der Waals surface area contributed by atoms with Crippen LogP contribution in [0.5, 0.6) is 0 Å². The van der Waals surface area contributed by atoms with E-state index < -0.39 is 23.8 Å². The molecule has 5 N–H and O–H groups in total. The lowest BCUT2D eigenvalue weighted by molar-refractivity contribution is -0.134. The van der Waals surface area contributed by atoms with Crippen LogP contribution in [-0.2, 0) is 20.7 Å². The second kappa shape index (κ2) is 28.7. The van der Waals surface area contributed by atoms with Crippen LogP contribution in [-0.4, -0.2) is 83.2 Å². The van der Waals surface area contributed by atoms with Crippen molar-refractivity contribution < 1.29 is 27.8 Å². The zero-order valence-corrected chi connectivity index (χ0v) is 49.9. The number of halogens is 2. The monoisotopic (exact) mass is 1110 g/mol. The van der Waals surface area contributed by atoms with Gasteiger partial charge in [0.1, 0.15) is 23.5 Å². The average molecular weight is 1110 g/mol. The number of rotatable bonds is 22. The van der Waals surface area contributed by atoms with Gasteiger partial charge in [0.2, 0.25) is 5.91 Å². The summed E-state index contributed by atoms with van der Waals surface area (Å²) in [7, 11) is 2.79. The Kier molecular flexibility index (Phi) is 21.9. The summed E-state index contributed by atoms with van der Waals surface area (Å²) in [5.74, 6) is 0.368. The highest BCUT2D eigenvalue weighted by Crippen LogP contribution is 2.48. The number of carbonyl (C=O) groups excluding carboxylic acids is 2. The predicted octanol–water partition coefficient (Wildman–Crippen LogP) is 14.7. The number of alkyl carbamates (subject to hydrolysis) is 1. The number of aromatic amines is 1. The molecule has 1 aromatic heterocycles. The van der Waals surface area contributed by atoms with E-state index in [2.05, 4.69) is 119 Å². The number of carbonyl (C=O) groups is 2. The van der Waals surface area contributed by atoms with Gasteiger partial charge in [-0.15, -0.1) is 0 Å². The number of likely N-dealkylation sites (tertiary alicyclic amines) is 2. The first-order valence-electron chi connectivity index (χ1n) is 29.7. The second-order valence-electron chi connectivity index (χ2n) is 23.2. The molecule has 4 heterocycles. The molecule has 0 spiro atoms. The Labute approximate surface area is 481 Å². The molecule has 81 heavy (non-hydrogen) atoms. The number of benzene rings is 4. The number of nitrogens with two attached hydrogens (primary N) is 1. The van der Waals surface area contributed by atoms with E-state index in [9.17, 15) is 9.59 Å². The molecule has 3 aliphatic rings. The summed E-state index contributed by atoms with van der Waals surface area (Å²) in [4.78, 5) is 45.2. The van der Waals surface area contributed by atoms with Crippen LogP contribution in [0.4, 0.5) is 25.0 Å². The van der Waals surface area contributed by atoms with Gasteiger partial charge in [0.05, 0.1) is 55.5 Å². The van der Waals surface area contributed by atoms with Gasteiger partial charge in [-0.3, -0.25) is 4.79 Å². The van der Waals surface area contributed by atoms with E-state index in [1.165, 1.54) is 83.8 Å². The van der Waals surface area contributed by atoms with E-state index in [1.54, 1.807) is 0 Å². The Bertz CT molecular complexity index is 2930. The van der Waals surface area contributed by atoms with Crippen molar-refractivity contribution in [3.63, 3.8) is 0 Å². The Balaban J connectivity index is 0.000000509. The number of fused-ring (bicyclic) bond motifs is 1. The van der Waals surface area contributed by atoms with Gasteiger partial charge in [0.15, 0.2) is 0 Å². The predicted molar refractivity (Wildman–Crippen MR) is 325 cm³/mol. The number of nitrogens with one attached hydrogen (secondary N) is 3. The van der Waals surface area contributed by atoms with Crippen LogP contribution in [0.1, 0.15) is 170 Å². The molecule has 0 bridgehead atoms. The van der Waals surface area contributed by atoms with Gasteiger partial charge in [-0.25, -0.2) is 23.6 Å². The quantitative estimate of drug-likeness (QED) is 0.0392. The molecule has 13 nitrogen and oxygen atoms in total. The number of amides is 2. The fourth-order valence-corrected chi connectivity index (χ4v) is 12.4. The molecule has 3 aliphatic heterocycles. The fraction of sp³-hybridized carbons (Fsp3) is 0.515. The molecule has 15 heteroatoms. The number of aromatic nitrogens is 2. The summed E-state index contributed by atoms with van der Waals surface area (Å²) in [5, 5.41) is 6.54. The minimum absolute atomic E-state index is 0.0177. The first kappa shape index (κ1) is 61.7. The largest absolute Gasteiger partial charge is 0.469 e. The van der Waals surface area contributed by atoms with Crippen molar-refractivity contribution in [1.82, 2.24) is 25.1 Å². The summed E-state index contributed by atoms with van der Waals surface area (Å²) in [5.41, 5.74) is 15.0. The van der Waals surface area contributed by atoms with Crippen molar-refractivity contribution in [2.45, 2.75) is 175 Å². The van der Waals surface area contributed by atoms with Crippen molar-refractivity contribution in [2.24, 2.45) is 28.5 Å². The highest BCUT2D eigenvalue weighted by atomic mass is 19.1. The van der Waals surface area contributed by atoms with Gasteiger partial charge in [0, 0.05) is 41.4 Å². The number of amidine groups is 1. The number of aliphatic imine (C=N–C) groups is 1. The molecule has 3 unspecified atom stereocenters. The van der Waals surface area contributed by atoms with Crippen molar-refractivity contribution in [3.05, 3.63) is 149 Å². The molecule has 0 saturated carbocycles. The van der Waals surface area contributed by atoms with E-state index in [0.717, 1.165) is 95.8 Å². The average Bonchev–Trinajstić information content (AvgIpc) is 4.41. The van der Waals surface area contributed by atoms with Crippen molar-refractivity contribution in [3.8, 4) is 0 Å². The van der Waals surface area contributed by atoms with Crippen LogP contribution in [0.3, 0.4) is 0 Å². The summed E-state index contributed by atoms with van der Waals surface area (Å²) in [6.07, 6.45) is 14.0. The van der Waals surface area contributed by atoms with Gasteiger partial charge in [-0.05, 0) is 136 Å². The van der Waals surface area contributed by atoms with E-state index >= 15 is 8.78 Å². The molecule has 0 radical (unpaired) electrons. The molecule has 0 aliphatic carbocycles. The third-order valence-electron chi connectivity index (χ3n) is 16.8. The molecule has 6 atom stereocenters.